The number of hydrogen-bond donors (Lipinski definition) is 3. The molecule has 3 heteroatoms. The summed E-state index contributed by atoms with van der Waals surface area (Å²) in [5, 5.41) is 33.1. The minimum Gasteiger partial charge on any atom is -0.393 e. The van der Waals surface area contributed by atoms with E-state index in [1.807, 2.05) is 0 Å². The Morgan fingerprint density at radius 3 is 2.30 bits per heavy atom. The van der Waals surface area contributed by atoms with E-state index in [0.29, 0.717) is 29.6 Å². The number of rotatable bonds is 5. The summed E-state index contributed by atoms with van der Waals surface area (Å²) in [5.74, 6) is 3.68. The molecule has 4 rings (SSSR count). The van der Waals surface area contributed by atoms with Gasteiger partial charge < -0.3 is 15.3 Å². The fourth-order valence-electron chi connectivity index (χ4n) is 9.28. The van der Waals surface area contributed by atoms with Crippen LogP contribution in [0.3, 0.4) is 0 Å². The van der Waals surface area contributed by atoms with Crippen LogP contribution in [0.2, 0.25) is 0 Å². The van der Waals surface area contributed by atoms with Crippen molar-refractivity contribution in [3.8, 4) is 0 Å². The van der Waals surface area contributed by atoms with Gasteiger partial charge in [-0.3, -0.25) is 0 Å². The van der Waals surface area contributed by atoms with E-state index in [0.717, 1.165) is 38.0 Å². The third kappa shape index (κ3) is 3.59. The van der Waals surface area contributed by atoms with Crippen LogP contribution in [0.5, 0.6) is 0 Å². The van der Waals surface area contributed by atoms with E-state index < -0.39 is 0 Å². The van der Waals surface area contributed by atoms with Crippen LogP contribution in [0, 0.1) is 52.3 Å². The summed E-state index contributed by atoms with van der Waals surface area (Å²) in [7, 11) is 0. The smallest absolute Gasteiger partial charge is 0.0603 e. The summed E-state index contributed by atoms with van der Waals surface area (Å²) in [5.41, 5.74) is 0.117. The zero-order valence-corrected chi connectivity index (χ0v) is 20.2. The Balaban J connectivity index is 1.55. The van der Waals surface area contributed by atoms with Crippen LogP contribution in [0.25, 0.3) is 0 Å². The summed E-state index contributed by atoms with van der Waals surface area (Å²) in [6.07, 6.45) is 10.2. The van der Waals surface area contributed by atoms with Crippen molar-refractivity contribution in [1.29, 1.82) is 0 Å². The molecule has 174 valence electrons. The molecular weight excluding hydrogens is 372 g/mol. The second-order valence-electron chi connectivity index (χ2n) is 12.8. The molecule has 0 aromatic carbocycles. The van der Waals surface area contributed by atoms with Crippen molar-refractivity contribution in [3.05, 3.63) is 0 Å². The van der Waals surface area contributed by atoms with E-state index in [1.54, 1.807) is 0 Å². The lowest BCUT2D eigenvalue weighted by Crippen LogP contribution is -2.59. The SMILES string of the molecule is CC(C)CCCC(C)C1C(O)CC2C3CCC4CC(O)CCC4(C)C3CC(O)C21C. The summed E-state index contributed by atoms with van der Waals surface area (Å²) in [6, 6.07) is 0. The molecular formula is C27H48O3. The van der Waals surface area contributed by atoms with Gasteiger partial charge in [-0.1, -0.05) is 53.9 Å². The van der Waals surface area contributed by atoms with Crippen LogP contribution >= 0.6 is 0 Å². The molecule has 0 amide bonds. The van der Waals surface area contributed by atoms with E-state index in [9.17, 15) is 15.3 Å². The Morgan fingerprint density at radius 2 is 1.60 bits per heavy atom. The highest BCUT2D eigenvalue weighted by molar-refractivity contribution is 5.14. The highest BCUT2D eigenvalue weighted by atomic mass is 16.3. The van der Waals surface area contributed by atoms with Crippen LogP contribution in [0.1, 0.15) is 98.8 Å². The molecule has 0 radical (unpaired) electrons. The molecule has 4 fully saturated rings. The highest BCUT2D eigenvalue weighted by Gasteiger charge is 2.65. The van der Waals surface area contributed by atoms with Crippen LogP contribution < -0.4 is 0 Å². The first kappa shape index (κ1) is 23.1. The second-order valence-corrected chi connectivity index (χ2v) is 12.8. The lowest BCUT2D eigenvalue weighted by molar-refractivity contribution is -0.176. The van der Waals surface area contributed by atoms with E-state index in [1.165, 1.54) is 32.1 Å². The highest BCUT2D eigenvalue weighted by Crippen LogP contribution is 2.68. The Morgan fingerprint density at radius 1 is 0.867 bits per heavy atom. The average Bonchev–Trinajstić information content (AvgIpc) is 2.95. The molecule has 0 aliphatic heterocycles. The maximum atomic E-state index is 11.6. The topological polar surface area (TPSA) is 60.7 Å². The van der Waals surface area contributed by atoms with Gasteiger partial charge in [0.1, 0.15) is 0 Å². The summed E-state index contributed by atoms with van der Waals surface area (Å²) in [4.78, 5) is 0. The van der Waals surface area contributed by atoms with Crippen molar-refractivity contribution >= 4 is 0 Å². The monoisotopic (exact) mass is 420 g/mol. The van der Waals surface area contributed by atoms with Gasteiger partial charge in [-0.2, -0.15) is 0 Å². The molecule has 11 atom stereocenters. The van der Waals surface area contributed by atoms with Crippen molar-refractivity contribution in [1.82, 2.24) is 0 Å². The molecule has 0 heterocycles. The fraction of sp³-hybridized carbons (Fsp3) is 1.00. The summed E-state index contributed by atoms with van der Waals surface area (Å²) >= 11 is 0. The summed E-state index contributed by atoms with van der Waals surface area (Å²) < 4.78 is 0. The Hall–Kier alpha value is -0.120. The molecule has 0 bridgehead atoms. The van der Waals surface area contributed by atoms with Gasteiger partial charge in [0.2, 0.25) is 0 Å². The maximum Gasteiger partial charge on any atom is 0.0603 e. The van der Waals surface area contributed by atoms with E-state index >= 15 is 0 Å². The Kier molecular flexibility index (Phi) is 6.41. The molecule has 3 N–H and O–H groups in total. The van der Waals surface area contributed by atoms with Gasteiger partial charge in [0.25, 0.3) is 0 Å². The molecule has 4 aliphatic rings. The fourth-order valence-corrected chi connectivity index (χ4v) is 9.28. The molecule has 3 nitrogen and oxygen atoms in total. The van der Waals surface area contributed by atoms with Crippen LogP contribution in [0.15, 0.2) is 0 Å². The standard InChI is InChI=1S/C27H48O3/c1-16(2)7-6-8-17(3)25-23(29)14-22-20-10-9-18-13-19(28)11-12-26(18,4)21(20)15-24(30)27(22,25)5/h16-25,28-30H,6-15H2,1-5H3. The molecule has 0 saturated heterocycles. The van der Waals surface area contributed by atoms with E-state index in [4.69, 9.17) is 0 Å². The predicted octanol–water partition coefficient (Wildman–Crippen LogP) is 5.41. The molecule has 0 spiro atoms. The molecule has 4 aliphatic carbocycles. The van der Waals surface area contributed by atoms with Gasteiger partial charge in [0, 0.05) is 5.41 Å². The number of aliphatic hydroxyl groups is 3. The third-order valence-corrected chi connectivity index (χ3v) is 10.9. The zero-order chi connectivity index (χ0) is 21.8. The van der Waals surface area contributed by atoms with Crippen molar-refractivity contribution in [2.24, 2.45) is 52.3 Å². The second kappa shape index (κ2) is 8.34. The molecule has 4 saturated carbocycles. The number of fused-ring (bicyclic) bond motifs is 5. The zero-order valence-electron chi connectivity index (χ0n) is 20.2. The van der Waals surface area contributed by atoms with Crippen molar-refractivity contribution < 1.29 is 15.3 Å². The van der Waals surface area contributed by atoms with Crippen molar-refractivity contribution in [2.45, 2.75) is 117 Å². The number of hydrogen-bond acceptors (Lipinski definition) is 3. The minimum absolute atomic E-state index is 0.122. The first-order valence-electron chi connectivity index (χ1n) is 13.1. The third-order valence-electron chi connectivity index (χ3n) is 10.9. The quantitative estimate of drug-likeness (QED) is 0.557. The average molecular weight is 421 g/mol. The maximum absolute atomic E-state index is 11.6. The van der Waals surface area contributed by atoms with Crippen molar-refractivity contribution in [2.75, 3.05) is 0 Å². The van der Waals surface area contributed by atoms with Gasteiger partial charge in [0.15, 0.2) is 0 Å². The van der Waals surface area contributed by atoms with Crippen LogP contribution in [-0.2, 0) is 0 Å². The first-order chi connectivity index (χ1) is 14.1. The van der Waals surface area contributed by atoms with Gasteiger partial charge >= 0.3 is 0 Å². The Bertz CT molecular complexity index is 605. The van der Waals surface area contributed by atoms with Crippen LogP contribution in [-0.4, -0.2) is 33.6 Å². The Labute approximate surface area is 185 Å². The molecule has 11 unspecified atom stereocenters. The minimum atomic E-state index is -0.305. The van der Waals surface area contributed by atoms with E-state index in [-0.39, 0.29) is 35.1 Å². The van der Waals surface area contributed by atoms with Gasteiger partial charge in [0.05, 0.1) is 18.3 Å². The normalized spacial score (nSPS) is 51.9. The van der Waals surface area contributed by atoms with Gasteiger partial charge in [-0.05, 0) is 91.8 Å². The van der Waals surface area contributed by atoms with Gasteiger partial charge in [-0.25, -0.2) is 0 Å². The number of aliphatic hydroxyl groups excluding tert-OH is 3. The molecule has 0 aromatic heterocycles. The summed E-state index contributed by atoms with van der Waals surface area (Å²) in [6.45, 7) is 11.7. The lowest BCUT2D eigenvalue weighted by atomic mass is 9.43. The first-order valence-corrected chi connectivity index (χ1v) is 13.1. The van der Waals surface area contributed by atoms with Crippen LogP contribution in [0.4, 0.5) is 0 Å². The van der Waals surface area contributed by atoms with E-state index in [2.05, 4.69) is 34.6 Å². The van der Waals surface area contributed by atoms with Gasteiger partial charge in [-0.15, -0.1) is 0 Å². The lowest BCUT2D eigenvalue weighted by Gasteiger charge is -2.62. The molecule has 0 aromatic rings. The largest absolute Gasteiger partial charge is 0.393 e. The predicted molar refractivity (Wildman–Crippen MR) is 122 cm³/mol. The molecule has 30 heavy (non-hydrogen) atoms. The van der Waals surface area contributed by atoms with Crippen molar-refractivity contribution in [3.63, 3.8) is 0 Å².